The zero-order valence-corrected chi connectivity index (χ0v) is 13.1. The lowest BCUT2D eigenvalue weighted by atomic mass is 10.1. The van der Waals surface area contributed by atoms with Gasteiger partial charge in [-0.3, -0.25) is 4.90 Å². The Labute approximate surface area is 136 Å². The van der Waals surface area contributed by atoms with Crippen LogP contribution in [-0.2, 0) is 0 Å². The summed E-state index contributed by atoms with van der Waals surface area (Å²) < 4.78 is 0. The van der Waals surface area contributed by atoms with E-state index in [2.05, 4.69) is 64.3 Å². The van der Waals surface area contributed by atoms with E-state index in [1.54, 1.807) is 0 Å². The van der Waals surface area contributed by atoms with Gasteiger partial charge in [0.25, 0.3) is 0 Å². The molecule has 0 bridgehead atoms. The highest BCUT2D eigenvalue weighted by atomic mass is 15.3. The quantitative estimate of drug-likeness (QED) is 0.535. The average Bonchev–Trinajstić information content (AvgIpc) is 2.62. The zero-order valence-electron chi connectivity index (χ0n) is 13.1. The summed E-state index contributed by atoms with van der Waals surface area (Å²) in [5.41, 5.74) is 1.06. The van der Waals surface area contributed by atoms with Crippen molar-refractivity contribution in [1.29, 1.82) is 0 Å². The number of nitrogens with zero attached hydrogens (tertiary/aromatic N) is 3. The fraction of sp³-hybridized carbons (Fsp3) is 0.250. The minimum absolute atomic E-state index is 0.736. The van der Waals surface area contributed by atoms with E-state index < -0.39 is 0 Å². The van der Waals surface area contributed by atoms with Crippen LogP contribution < -0.4 is 4.90 Å². The van der Waals surface area contributed by atoms with Crippen molar-refractivity contribution in [3.8, 4) is 12.3 Å². The lowest BCUT2D eigenvalue weighted by Gasteiger charge is -2.35. The fourth-order valence-corrected chi connectivity index (χ4v) is 3.37. The topological polar surface area (TPSA) is 19.4 Å². The van der Waals surface area contributed by atoms with Crippen molar-refractivity contribution >= 4 is 27.5 Å². The normalized spacial score (nSPS) is 15.9. The molecule has 3 nitrogen and oxygen atoms in total. The first-order chi connectivity index (χ1) is 11.4. The predicted octanol–water partition coefficient (Wildman–Crippen LogP) is 3.14. The van der Waals surface area contributed by atoms with E-state index in [1.807, 2.05) is 0 Å². The highest BCUT2D eigenvalue weighted by molar-refractivity contribution is 6.10. The molecule has 0 unspecified atom stereocenters. The van der Waals surface area contributed by atoms with Crippen molar-refractivity contribution in [3.63, 3.8) is 0 Å². The summed E-state index contributed by atoms with van der Waals surface area (Å²) in [5, 5.41) is 3.73. The van der Waals surface area contributed by atoms with Gasteiger partial charge in [-0.15, -0.1) is 6.42 Å². The summed E-state index contributed by atoms with van der Waals surface area (Å²) in [5.74, 6) is 3.83. The number of terminal acetylenes is 1. The summed E-state index contributed by atoms with van der Waals surface area (Å²) in [6.07, 6.45) is 5.42. The van der Waals surface area contributed by atoms with E-state index in [-0.39, 0.29) is 0 Å². The molecule has 0 saturated carbocycles. The molecule has 0 atom stereocenters. The molecule has 0 N–H and O–H groups in total. The van der Waals surface area contributed by atoms with Crippen molar-refractivity contribution in [2.45, 2.75) is 0 Å². The molecule has 2 aromatic carbocycles. The lowest BCUT2D eigenvalue weighted by Crippen LogP contribution is -2.46. The van der Waals surface area contributed by atoms with E-state index in [0.29, 0.717) is 0 Å². The van der Waals surface area contributed by atoms with Crippen molar-refractivity contribution < 1.29 is 0 Å². The molecular weight excluding hydrogens is 282 g/mol. The molecule has 1 saturated heterocycles. The highest BCUT2D eigenvalue weighted by Crippen LogP contribution is 2.31. The van der Waals surface area contributed by atoms with Gasteiger partial charge in [0, 0.05) is 37.0 Å². The van der Waals surface area contributed by atoms with Crippen LogP contribution in [0.4, 0.5) is 5.82 Å². The van der Waals surface area contributed by atoms with Crippen molar-refractivity contribution in [2.75, 3.05) is 37.6 Å². The van der Waals surface area contributed by atoms with Crippen LogP contribution in [0.2, 0.25) is 0 Å². The molecule has 114 valence electrons. The highest BCUT2D eigenvalue weighted by Gasteiger charge is 2.20. The summed E-state index contributed by atoms with van der Waals surface area (Å²) in [6.45, 7) is 4.66. The van der Waals surface area contributed by atoms with Gasteiger partial charge in [0.15, 0.2) is 0 Å². The van der Waals surface area contributed by atoms with Crippen LogP contribution in [0.1, 0.15) is 0 Å². The fourth-order valence-electron chi connectivity index (χ4n) is 3.37. The van der Waals surface area contributed by atoms with Gasteiger partial charge >= 0.3 is 0 Å². The van der Waals surface area contributed by atoms with Crippen LogP contribution >= 0.6 is 0 Å². The summed E-state index contributed by atoms with van der Waals surface area (Å²) in [6, 6.07) is 16.9. The molecule has 4 rings (SSSR count). The largest absolute Gasteiger partial charge is 0.354 e. The Morgan fingerprint density at radius 3 is 2.26 bits per heavy atom. The van der Waals surface area contributed by atoms with Crippen LogP contribution in [-0.4, -0.2) is 42.6 Å². The van der Waals surface area contributed by atoms with Gasteiger partial charge in [-0.1, -0.05) is 48.4 Å². The molecule has 1 aliphatic heterocycles. The number of hydrogen-bond acceptors (Lipinski definition) is 3. The molecule has 23 heavy (non-hydrogen) atoms. The van der Waals surface area contributed by atoms with Gasteiger partial charge in [0.05, 0.1) is 12.1 Å². The number of fused-ring (bicyclic) bond motifs is 3. The summed E-state index contributed by atoms with van der Waals surface area (Å²) >= 11 is 0. The van der Waals surface area contributed by atoms with Crippen LogP contribution in [0.5, 0.6) is 0 Å². The first-order valence-corrected chi connectivity index (χ1v) is 8.05. The van der Waals surface area contributed by atoms with Crippen LogP contribution in [0.15, 0.2) is 48.5 Å². The Hall–Kier alpha value is -2.57. The molecule has 1 fully saturated rings. The Morgan fingerprint density at radius 2 is 1.52 bits per heavy atom. The predicted molar refractivity (Wildman–Crippen MR) is 96.7 cm³/mol. The Morgan fingerprint density at radius 1 is 0.870 bits per heavy atom. The first-order valence-electron chi connectivity index (χ1n) is 8.05. The molecular formula is C20H19N3. The summed E-state index contributed by atoms with van der Waals surface area (Å²) in [7, 11) is 0. The molecule has 1 aliphatic rings. The average molecular weight is 301 g/mol. The number of para-hydroxylation sites is 1. The van der Waals surface area contributed by atoms with E-state index in [9.17, 15) is 0 Å². The third kappa shape index (κ3) is 2.52. The molecule has 0 aliphatic carbocycles. The lowest BCUT2D eigenvalue weighted by molar-refractivity contribution is 0.288. The molecule has 2 heterocycles. The van der Waals surface area contributed by atoms with E-state index in [1.165, 1.54) is 16.2 Å². The number of anilines is 1. The van der Waals surface area contributed by atoms with Crippen molar-refractivity contribution in [3.05, 3.63) is 48.5 Å². The second-order valence-electron chi connectivity index (χ2n) is 5.97. The summed E-state index contributed by atoms with van der Waals surface area (Å²) in [4.78, 5) is 9.68. The Balaban J connectivity index is 1.79. The van der Waals surface area contributed by atoms with Gasteiger partial charge < -0.3 is 4.90 Å². The van der Waals surface area contributed by atoms with Gasteiger partial charge in [-0.05, 0) is 11.5 Å². The second kappa shape index (κ2) is 5.91. The standard InChI is InChI=1S/C20H19N3/c1-2-11-22-12-14-23(15-13-22)20-18-9-4-3-7-16(18)17-8-5-6-10-19(17)21-20/h1,3-10H,11-15H2. The molecule has 0 radical (unpaired) electrons. The molecule has 3 heteroatoms. The number of pyridine rings is 1. The van der Waals surface area contributed by atoms with Gasteiger partial charge in [0.1, 0.15) is 5.82 Å². The van der Waals surface area contributed by atoms with Crippen LogP contribution in [0.25, 0.3) is 21.7 Å². The molecule has 1 aromatic heterocycles. The first kappa shape index (κ1) is 14.0. The third-order valence-corrected chi connectivity index (χ3v) is 4.58. The van der Waals surface area contributed by atoms with E-state index >= 15 is 0 Å². The van der Waals surface area contributed by atoms with Crippen molar-refractivity contribution in [2.24, 2.45) is 0 Å². The minimum Gasteiger partial charge on any atom is -0.354 e. The van der Waals surface area contributed by atoms with Crippen LogP contribution in [0, 0.1) is 12.3 Å². The maximum atomic E-state index is 5.42. The third-order valence-electron chi connectivity index (χ3n) is 4.58. The number of hydrogen-bond donors (Lipinski definition) is 0. The van der Waals surface area contributed by atoms with Crippen LogP contribution in [0.3, 0.4) is 0 Å². The Kier molecular flexibility index (Phi) is 3.61. The molecule has 0 amide bonds. The van der Waals surface area contributed by atoms with E-state index in [4.69, 9.17) is 11.4 Å². The number of piperazine rings is 1. The monoisotopic (exact) mass is 301 g/mol. The zero-order chi connectivity index (χ0) is 15.6. The smallest absolute Gasteiger partial charge is 0.137 e. The maximum Gasteiger partial charge on any atom is 0.137 e. The van der Waals surface area contributed by atoms with Gasteiger partial charge in [-0.25, -0.2) is 4.98 Å². The Bertz CT molecular complexity index is 886. The second-order valence-corrected chi connectivity index (χ2v) is 5.97. The molecule has 3 aromatic rings. The number of aromatic nitrogens is 1. The minimum atomic E-state index is 0.736. The SMILES string of the molecule is C#CCN1CCN(c2nc3ccccc3c3ccccc23)CC1. The number of rotatable bonds is 2. The number of benzene rings is 2. The molecule has 0 spiro atoms. The van der Waals surface area contributed by atoms with E-state index in [0.717, 1.165) is 44.1 Å². The van der Waals surface area contributed by atoms with Gasteiger partial charge in [0.2, 0.25) is 0 Å². The van der Waals surface area contributed by atoms with Gasteiger partial charge in [-0.2, -0.15) is 0 Å². The van der Waals surface area contributed by atoms with Crippen molar-refractivity contribution in [1.82, 2.24) is 9.88 Å². The maximum absolute atomic E-state index is 5.42.